The Morgan fingerprint density at radius 3 is 2.39 bits per heavy atom. The Labute approximate surface area is 190 Å². The predicted octanol–water partition coefficient (Wildman–Crippen LogP) is 2.69. The van der Waals surface area contributed by atoms with E-state index in [-0.39, 0.29) is 39.6 Å². The van der Waals surface area contributed by atoms with Crippen LogP contribution in [0.3, 0.4) is 0 Å². The lowest BCUT2D eigenvalue weighted by molar-refractivity contribution is -0.129. The van der Waals surface area contributed by atoms with Crippen LogP contribution >= 0.6 is 0 Å². The summed E-state index contributed by atoms with van der Waals surface area (Å²) in [4.78, 5) is 26.4. The molecule has 1 unspecified atom stereocenters. The van der Waals surface area contributed by atoms with Gasteiger partial charge in [0.25, 0.3) is 15.9 Å². The third-order valence-corrected chi connectivity index (χ3v) is 7.01. The molecule has 0 aromatic heterocycles. The van der Waals surface area contributed by atoms with Crippen LogP contribution in [0.15, 0.2) is 63.1 Å². The Hall–Kier alpha value is -3.53. The summed E-state index contributed by atoms with van der Waals surface area (Å²) in [6, 6.07) is 8.92. The molecule has 2 aromatic rings. The van der Waals surface area contributed by atoms with E-state index >= 15 is 0 Å². The standard InChI is InChI=1S/C23H22FN3O5S/c1-23(2,3)20-18(28)16(22(30)27(20)11-12-7-9-13(24)10-8-12)17-14-5-4-6-15(21(25)29)19(14)33(31,32)26-17/h4-10,20,28H,11H2,1-3H3,(H2,25,29). The molecule has 172 valence electrons. The number of benzene rings is 2. The van der Waals surface area contributed by atoms with Crippen LogP contribution in [0.4, 0.5) is 4.39 Å². The molecule has 4 rings (SSSR count). The van der Waals surface area contributed by atoms with Crippen molar-refractivity contribution in [1.29, 1.82) is 0 Å². The minimum Gasteiger partial charge on any atom is -0.509 e. The molecule has 10 heteroatoms. The number of carbonyl (C=O) groups excluding carboxylic acids is 2. The highest BCUT2D eigenvalue weighted by atomic mass is 32.2. The zero-order valence-electron chi connectivity index (χ0n) is 18.2. The van der Waals surface area contributed by atoms with Crippen molar-refractivity contribution < 1.29 is 27.5 Å². The van der Waals surface area contributed by atoms with Gasteiger partial charge in [-0.05, 0) is 29.2 Å². The fourth-order valence-electron chi connectivity index (χ4n) is 4.30. The van der Waals surface area contributed by atoms with Crippen LogP contribution in [0.5, 0.6) is 0 Å². The summed E-state index contributed by atoms with van der Waals surface area (Å²) in [6.45, 7) is 5.54. The summed E-state index contributed by atoms with van der Waals surface area (Å²) < 4.78 is 42.7. The zero-order chi connectivity index (χ0) is 24.3. The van der Waals surface area contributed by atoms with Gasteiger partial charge in [0.15, 0.2) is 0 Å². The van der Waals surface area contributed by atoms with Gasteiger partial charge in [-0.15, -0.1) is 0 Å². The number of nitrogens with two attached hydrogens (primary N) is 1. The van der Waals surface area contributed by atoms with Crippen LogP contribution in [0.1, 0.15) is 42.3 Å². The van der Waals surface area contributed by atoms with Gasteiger partial charge >= 0.3 is 0 Å². The highest BCUT2D eigenvalue weighted by molar-refractivity contribution is 7.91. The van der Waals surface area contributed by atoms with E-state index in [9.17, 15) is 27.5 Å². The third kappa shape index (κ3) is 3.70. The van der Waals surface area contributed by atoms with Crippen LogP contribution in [-0.2, 0) is 21.4 Å². The van der Waals surface area contributed by atoms with Crippen molar-refractivity contribution in [2.75, 3.05) is 0 Å². The van der Waals surface area contributed by atoms with Gasteiger partial charge in [-0.2, -0.15) is 12.8 Å². The molecular weight excluding hydrogens is 449 g/mol. The Kier molecular flexibility index (Phi) is 5.16. The number of hydrogen-bond acceptors (Lipinski definition) is 5. The molecule has 0 radical (unpaired) electrons. The van der Waals surface area contributed by atoms with Crippen LogP contribution in [0.2, 0.25) is 0 Å². The second kappa shape index (κ2) is 7.51. The van der Waals surface area contributed by atoms with Gasteiger partial charge in [0.2, 0.25) is 5.91 Å². The maximum atomic E-state index is 13.5. The van der Waals surface area contributed by atoms with Crippen LogP contribution in [0, 0.1) is 11.2 Å². The molecule has 0 fully saturated rings. The Morgan fingerprint density at radius 1 is 1.18 bits per heavy atom. The van der Waals surface area contributed by atoms with E-state index in [0.717, 1.165) is 0 Å². The second-order valence-electron chi connectivity index (χ2n) is 9.05. The number of fused-ring (bicyclic) bond motifs is 1. The van der Waals surface area contributed by atoms with E-state index in [1.807, 2.05) is 20.8 Å². The first-order valence-corrected chi connectivity index (χ1v) is 11.5. The number of hydrogen-bond donors (Lipinski definition) is 2. The summed E-state index contributed by atoms with van der Waals surface area (Å²) in [5, 5.41) is 11.2. The van der Waals surface area contributed by atoms with Crippen molar-refractivity contribution in [3.63, 3.8) is 0 Å². The normalized spacial score (nSPS) is 19.6. The third-order valence-electron chi connectivity index (χ3n) is 5.63. The van der Waals surface area contributed by atoms with Crippen molar-refractivity contribution in [1.82, 2.24) is 4.90 Å². The first-order chi connectivity index (χ1) is 15.3. The number of aliphatic hydroxyl groups excluding tert-OH is 1. The van der Waals surface area contributed by atoms with Gasteiger partial charge in [-0.1, -0.05) is 45.0 Å². The molecule has 0 saturated heterocycles. The quantitative estimate of drug-likeness (QED) is 0.708. The van der Waals surface area contributed by atoms with Crippen molar-refractivity contribution in [3.05, 3.63) is 76.3 Å². The second-order valence-corrected chi connectivity index (χ2v) is 10.6. The minimum atomic E-state index is -4.32. The van der Waals surface area contributed by atoms with E-state index in [2.05, 4.69) is 4.40 Å². The van der Waals surface area contributed by atoms with Gasteiger partial charge in [0, 0.05) is 12.1 Å². The number of amides is 2. The lowest BCUT2D eigenvalue weighted by Gasteiger charge is -2.35. The van der Waals surface area contributed by atoms with Crippen molar-refractivity contribution in [3.8, 4) is 0 Å². The maximum absolute atomic E-state index is 13.5. The summed E-state index contributed by atoms with van der Waals surface area (Å²) in [6.07, 6.45) is 0. The van der Waals surface area contributed by atoms with Gasteiger partial charge in [-0.25, -0.2) is 4.39 Å². The number of rotatable bonds is 4. The SMILES string of the molecule is CC(C)(C)C1C(O)=C(C2=NS(=O)(=O)c3c(C(N)=O)cccc32)C(=O)N1Cc1ccc(F)cc1. The summed E-state index contributed by atoms with van der Waals surface area (Å²) >= 11 is 0. The molecule has 2 amide bonds. The van der Waals surface area contributed by atoms with E-state index in [0.29, 0.717) is 5.56 Å². The summed E-state index contributed by atoms with van der Waals surface area (Å²) in [7, 11) is -4.32. The largest absolute Gasteiger partial charge is 0.509 e. The van der Waals surface area contributed by atoms with Gasteiger partial charge < -0.3 is 15.7 Å². The molecule has 0 spiro atoms. The van der Waals surface area contributed by atoms with Crippen molar-refractivity contribution >= 4 is 27.5 Å². The van der Waals surface area contributed by atoms with E-state index in [1.165, 1.54) is 47.4 Å². The fourth-order valence-corrected chi connectivity index (χ4v) is 5.71. The first-order valence-electron chi connectivity index (χ1n) is 10.1. The Balaban J connectivity index is 1.86. The number of primary amides is 1. The minimum absolute atomic E-state index is 0.0255. The van der Waals surface area contributed by atoms with Gasteiger partial charge in [-0.3, -0.25) is 9.59 Å². The van der Waals surface area contributed by atoms with Crippen molar-refractivity contribution in [2.24, 2.45) is 15.5 Å². The molecule has 3 N–H and O–H groups in total. The van der Waals surface area contributed by atoms with Gasteiger partial charge in [0.05, 0.1) is 11.6 Å². The number of carbonyl (C=O) groups is 2. The molecule has 2 aromatic carbocycles. The predicted molar refractivity (Wildman–Crippen MR) is 119 cm³/mol. The van der Waals surface area contributed by atoms with Crippen LogP contribution in [0.25, 0.3) is 0 Å². The molecule has 1 atom stereocenters. The van der Waals surface area contributed by atoms with Crippen molar-refractivity contribution in [2.45, 2.75) is 38.3 Å². The average Bonchev–Trinajstić information content (AvgIpc) is 3.12. The Bertz CT molecular complexity index is 1360. The highest BCUT2D eigenvalue weighted by Crippen LogP contribution is 2.41. The first kappa shape index (κ1) is 22.7. The highest BCUT2D eigenvalue weighted by Gasteiger charge is 2.49. The maximum Gasteiger partial charge on any atom is 0.284 e. The molecule has 0 aliphatic carbocycles. The van der Waals surface area contributed by atoms with Crippen LogP contribution in [-0.4, -0.2) is 42.0 Å². The topological polar surface area (TPSA) is 130 Å². The molecular formula is C23H22FN3O5S. The lowest BCUT2D eigenvalue weighted by Crippen LogP contribution is -2.43. The zero-order valence-corrected chi connectivity index (χ0v) is 19.0. The Morgan fingerprint density at radius 2 is 1.82 bits per heavy atom. The molecule has 0 bridgehead atoms. The summed E-state index contributed by atoms with van der Waals surface area (Å²) in [5.41, 5.74) is 4.65. The summed E-state index contributed by atoms with van der Waals surface area (Å²) in [5.74, 6) is -2.31. The number of nitrogens with zero attached hydrogens (tertiary/aromatic N) is 2. The average molecular weight is 472 g/mol. The van der Waals surface area contributed by atoms with E-state index in [1.54, 1.807) is 0 Å². The van der Waals surface area contributed by atoms with E-state index in [4.69, 9.17) is 5.73 Å². The van der Waals surface area contributed by atoms with Gasteiger partial charge in [0.1, 0.15) is 27.8 Å². The fraction of sp³-hybridized carbons (Fsp3) is 0.261. The van der Waals surface area contributed by atoms with Crippen LogP contribution < -0.4 is 5.73 Å². The molecule has 2 aliphatic rings. The smallest absolute Gasteiger partial charge is 0.284 e. The van der Waals surface area contributed by atoms with E-state index < -0.39 is 39.1 Å². The monoisotopic (exact) mass is 471 g/mol. The lowest BCUT2D eigenvalue weighted by atomic mass is 9.84. The molecule has 2 heterocycles. The molecule has 33 heavy (non-hydrogen) atoms. The molecule has 2 aliphatic heterocycles. The molecule has 0 saturated carbocycles. The number of aliphatic hydroxyl groups is 1. The number of halogens is 1. The molecule has 8 nitrogen and oxygen atoms in total. The number of sulfonamides is 1.